The number of methoxy groups -OCH3 is 2. The van der Waals surface area contributed by atoms with Crippen LogP contribution in [-0.2, 0) is 13.5 Å². The van der Waals surface area contributed by atoms with Crippen molar-refractivity contribution in [2.24, 2.45) is 12.9 Å². The Kier molecular flexibility index (Phi) is 4.54. The summed E-state index contributed by atoms with van der Waals surface area (Å²) in [4.78, 5) is 0. The van der Waals surface area contributed by atoms with Gasteiger partial charge in [-0.25, -0.2) is 0 Å². The summed E-state index contributed by atoms with van der Waals surface area (Å²) in [5.41, 5.74) is 4.55. The van der Waals surface area contributed by atoms with Crippen LogP contribution in [0.5, 0.6) is 11.5 Å². The zero-order valence-electron chi connectivity index (χ0n) is 11.8. The number of hydrogen-bond acceptors (Lipinski definition) is 6. The van der Waals surface area contributed by atoms with Crippen LogP contribution in [-0.4, -0.2) is 29.2 Å². The molecular formula is C13H19N5O2. The van der Waals surface area contributed by atoms with E-state index < -0.39 is 0 Å². The summed E-state index contributed by atoms with van der Waals surface area (Å²) in [5.74, 6) is 7.01. The van der Waals surface area contributed by atoms with Gasteiger partial charge in [0.05, 0.1) is 26.0 Å². The SMILES string of the molecule is COc1cccc(C(Cc2cn(C)nn2)NN)c1OC. The van der Waals surface area contributed by atoms with E-state index in [0.29, 0.717) is 17.9 Å². The van der Waals surface area contributed by atoms with E-state index >= 15 is 0 Å². The number of aromatic nitrogens is 3. The molecule has 0 saturated heterocycles. The second kappa shape index (κ2) is 6.36. The van der Waals surface area contributed by atoms with Gasteiger partial charge >= 0.3 is 0 Å². The molecule has 3 N–H and O–H groups in total. The van der Waals surface area contributed by atoms with Crippen LogP contribution in [0.3, 0.4) is 0 Å². The number of hydrazine groups is 1. The van der Waals surface area contributed by atoms with E-state index in [0.717, 1.165) is 11.3 Å². The maximum Gasteiger partial charge on any atom is 0.165 e. The third-order valence-corrected chi connectivity index (χ3v) is 3.07. The molecule has 1 unspecified atom stereocenters. The largest absolute Gasteiger partial charge is 0.493 e. The number of nitrogens with one attached hydrogen (secondary N) is 1. The predicted octanol–water partition coefficient (Wildman–Crippen LogP) is 0.579. The van der Waals surface area contributed by atoms with Crippen molar-refractivity contribution < 1.29 is 9.47 Å². The molecule has 0 amide bonds. The average Bonchev–Trinajstić information content (AvgIpc) is 2.89. The van der Waals surface area contributed by atoms with E-state index in [-0.39, 0.29) is 6.04 Å². The van der Waals surface area contributed by atoms with Gasteiger partial charge in [-0.15, -0.1) is 5.10 Å². The molecule has 1 aromatic heterocycles. The Bertz CT molecular complexity index is 570. The van der Waals surface area contributed by atoms with Gasteiger partial charge in [0, 0.05) is 25.2 Å². The lowest BCUT2D eigenvalue weighted by molar-refractivity contribution is 0.346. The molecule has 2 rings (SSSR count). The molecule has 7 nitrogen and oxygen atoms in total. The minimum atomic E-state index is -0.142. The Morgan fingerprint density at radius 1 is 1.35 bits per heavy atom. The molecule has 0 saturated carbocycles. The van der Waals surface area contributed by atoms with Crippen molar-refractivity contribution in [3.05, 3.63) is 35.7 Å². The van der Waals surface area contributed by atoms with Gasteiger partial charge in [0.25, 0.3) is 0 Å². The highest BCUT2D eigenvalue weighted by Gasteiger charge is 2.19. The van der Waals surface area contributed by atoms with Crippen molar-refractivity contribution >= 4 is 0 Å². The predicted molar refractivity (Wildman–Crippen MR) is 74.3 cm³/mol. The summed E-state index contributed by atoms with van der Waals surface area (Å²) in [6.07, 6.45) is 2.46. The van der Waals surface area contributed by atoms with Crippen LogP contribution in [0.4, 0.5) is 0 Å². The fourth-order valence-corrected chi connectivity index (χ4v) is 2.14. The fraction of sp³-hybridized carbons (Fsp3) is 0.385. The number of nitrogens with two attached hydrogens (primary N) is 1. The van der Waals surface area contributed by atoms with Crippen LogP contribution in [0.1, 0.15) is 17.3 Å². The molecule has 0 radical (unpaired) electrons. The number of hydrogen-bond donors (Lipinski definition) is 2. The van der Waals surface area contributed by atoms with Crippen LogP contribution in [0.25, 0.3) is 0 Å². The molecule has 2 aromatic rings. The zero-order chi connectivity index (χ0) is 14.5. The highest BCUT2D eigenvalue weighted by molar-refractivity contribution is 5.48. The van der Waals surface area contributed by atoms with Crippen LogP contribution < -0.4 is 20.7 Å². The molecule has 108 valence electrons. The first-order chi connectivity index (χ1) is 9.69. The summed E-state index contributed by atoms with van der Waals surface area (Å²) in [6, 6.07) is 5.55. The van der Waals surface area contributed by atoms with E-state index in [1.165, 1.54) is 0 Å². The summed E-state index contributed by atoms with van der Waals surface area (Å²) in [6.45, 7) is 0. The Morgan fingerprint density at radius 2 is 2.15 bits per heavy atom. The molecule has 20 heavy (non-hydrogen) atoms. The Balaban J connectivity index is 2.31. The van der Waals surface area contributed by atoms with Gasteiger partial charge in [-0.3, -0.25) is 16.0 Å². The van der Waals surface area contributed by atoms with Gasteiger partial charge in [0.15, 0.2) is 11.5 Å². The lowest BCUT2D eigenvalue weighted by Crippen LogP contribution is -2.30. The van der Waals surface area contributed by atoms with Crippen LogP contribution in [0.2, 0.25) is 0 Å². The summed E-state index contributed by atoms with van der Waals surface area (Å²) in [7, 11) is 5.04. The van der Waals surface area contributed by atoms with Crippen molar-refractivity contribution in [3.8, 4) is 11.5 Å². The monoisotopic (exact) mass is 277 g/mol. The molecule has 0 aliphatic rings. The van der Waals surface area contributed by atoms with Crippen molar-refractivity contribution in [2.75, 3.05) is 14.2 Å². The average molecular weight is 277 g/mol. The van der Waals surface area contributed by atoms with Crippen LogP contribution in [0.15, 0.2) is 24.4 Å². The van der Waals surface area contributed by atoms with Gasteiger partial charge in [-0.2, -0.15) is 0 Å². The highest BCUT2D eigenvalue weighted by Crippen LogP contribution is 2.35. The Morgan fingerprint density at radius 3 is 2.70 bits per heavy atom. The van der Waals surface area contributed by atoms with E-state index in [2.05, 4.69) is 15.7 Å². The van der Waals surface area contributed by atoms with E-state index in [1.807, 2.05) is 31.4 Å². The minimum absolute atomic E-state index is 0.142. The minimum Gasteiger partial charge on any atom is -0.493 e. The molecule has 0 fully saturated rings. The van der Waals surface area contributed by atoms with Gasteiger partial charge in [0.1, 0.15) is 0 Å². The standard InChI is InChI=1S/C13H19N5O2/c1-18-8-9(16-17-18)7-11(15-14)10-5-4-6-12(19-2)13(10)20-3/h4-6,8,11,15H,7,14H2,1-3H3. The fourth-order valence-electron chi connectivity index (χ4n) is 2.14. The summed E-state index contributed by atoms with van der Waals surface area (Å²) in [5, 5.41) is 7.99. The quantitative estimate of drug-likeness (QED) is 0.593. The Labute approximate surface area is 117 Å². The molecule has 1 aromatic carbocycles. The number of benzene rings is 1. The second-order valence-corrected chi connectivity index (χ2v) is 4.39. The van der Waals surface area contributed by atoms with Crippen molar-refractivity contribution in [1.82, 2.24) is 20.4 Å². The zero-order valence-corrected chi connectivity index (χ0v) is 11.8. The molecular weight excluding hydrogens is 258 g/mol. The van der Waals surface area contributed by atoms with Gasteiger partial charge in [0.2, 0.25) is 0 Å². The topological polar surface area (TPSA) is 87.2 Å². The normalized spacial score (nSPS) is 12.2. The van der Waals surface area contributed by atoms with Gasteiger partial charge < -0.3 is 9.47 Å². The van der Waals surface area contributed by atoms with E-state index in [1.54, 1.807) is 18.9 Å². The first-order valence-electron chi connectivity index (χ1n) is 6.21. The third-order valence-electron chi connectivity index (χ3n) is 3.07. The van der Waals surface area contributed by atoms with E-state index in [4.69, 9.17) is 15.3 Å². The van der Waals surface area contributed by atoms with Crippen LogP contribution >= 0.6 is 0 Å². The number of ether oxygens (including phenoxy) is 2. The highest BCUT2D eigenvalue weighted by atomic mass is 16.5. The van der Waals surface area contributed by atoms with Gasteiger partial charge in [-0.05, 0) is 6.07 Å². The first-order valence-corrected chi connectivity index (χ1v) is 6.21. The second-order valence-electron chi connectivity index (χ2n) is 4.39. The maximum absolute atomic E-state index is 5.67. The number of aryl methyl sites for hydroxylation is 1. The molecule has 0 aliphatic heterocycles. The first kappa shape index (κ1) is 14.3. The molecule has 0 spiro atoms. The summed E-state index contributed by atoms with van der Waals surface area (Å²) < 4.78 is 12.4. The smallest absolute Gasteiger partial charge is 0.165 e. The number of rotatable bonds is 6. The lowest BCUT2D eigenvalue weighted by atomic mass is 10.0. The number of para-hydroxylation sites is 1. The molecule has 7 heteroatoms. The van der Waals surface area contributed by atoms with Crippen molar-refractivity contribution in [1.29, 1.82) is 0 Å². The number of nitrogens with zero attached hydrogens (tertiary/aromatic N) is 3. The van der Waals surface area contributed by atoms with Crippen molar-refractivity contribution in [3.63, 3.8) is 0 Å². The Hall–Kier alpha value is -2.12. The summed E-state index contributed by atoms with van der Waals surface area (Å²) >= 11 is 0. The van der Waals surface area contributed by atoms with E-state index in [9.17, 15) is 0 Å². The molecule has 0 bridgehead atoms. The van der Waals surface area contributed by atoms with Crippen molar-refractivity contribution in [2.45, 2.75) is 12.5 Å². The van der Waals surface area contributed by atoms with Crippen LogP contribution in [0, 0.1) is 0 Å². The maximum atomic E-state index is 5.67. The lowest BCUT2D eigenvalue weighted by Gasteiger charge is -2.19. The van der Waals surface area contributed by atoms with Gasteiger partial charge in [-0.1, -0.05) is 17.3 Å². The third kappa shape index (κ3) is 2.89. The molecule has 1 atom stereocenters. The molecule has 0 aliphatic carbocycles. The molecule has 1 heterocycles.